The molecule has 0 aliphatic heterocycles. The zero-order chi connectivity index (χ0) is 32.8. The first-order valence-electron chi connectivity index (χ1n) is 15.9. The lowest BCUT2D eigenvalue weighted by Gasteiger charge is -2.20. The zero-order valence-corrected chi connectivity index (χ0v) is 28.1. The second kappa shape index (κ2) is 11.8. The van der Waals surface area contributed by atoms with Crippen molar-refractivity contribution in [3.05, 3.63) is 125 Å². The number of aromatic nitrogens is 1. The molecule has 4 heteroatoms. The number of nitrogens with zero attached hydrogens (tertiary/aromatic N) is 2. The molecule has 0 amide bonds. The predicted molar refractivity (Wildman–Crippen MR) is 193 cm³/mol. The molecule has 0 saturated heterocycles. The van der Waals surface area contributed by atoms with Crippen LogP contribution in [0.2, 0.25) is 0 Å². The number of benzene rings is 5. The summed E-state index contributed by atoms with van der Waals surface area (Å²) in [5, 5.41) is 10.6. The molecule has 1 N–H and O–H groups in total. The summed E-state index contributed by atoms with van der Waals surface area (Å²) in [6, 6.07) is 33.3. The third-order valence-corrected chi connectivity index (χ3v) is 8.46. The highest BCUT2D eigenvalue weighted by Gasteiger charge is 2.22. The summed E-state index contributed by atoms with van der Waals surface area (Å²) in [6.45, 7) is 17.4. The molecule has 0 spiro atoms. The van der Waals surface area contributed by atoms with Crippen molar-refractivity contribution >= 4 is 23.0 Å². The van der Waals surface area contributed by atoms with Crippen LogP contribution in [0, 0.1) is 13.8 Å². The minimum atomic E-state index is -0.0903. The number of aromatic hydroxyl groups is 1. The van der Waals surface area contributed by atoms with E-state index in [1.807, 2.05) is 36.4 Å². The largest absolute Gasteiger partial charge is 0.507 e. The minimum Gasteiger partial charge on any atom is -0.507 e. The molecule has 5 aromatic carbocycles. The Morgan fingerprint density at radius 3 is 2.07 bits per heavy atom. The number of hydrogen-bond acceptors (Lipinski definition) is 4. The van der Waals surface area contributed by atoms with Gasteiger partial charge < -0.3 is 9.52 Å². The van der Waals surface area contributed by atoms with Crippen molar-refractivity contribution in [2.45, 2.75) is 66.2 Å². The molecule has 1 heterocycles. The summed E-state index contributed by atoms with van der Waals surface area (Å²) in [5.41, 5.74) is 12.9. The summed E-state index contributed by atoms with van der Waals surface area (Å²) >= 11 is 0. The topological polar surface area (TPSA) is 58.6 Å². The van der Waals surface area contributed by atoms with Gasteiger partial charge in [0.1, 0.15) is 11.3 Å². The van der Waals surface area contributed by atoms with Gasteiger partial charge in [-0.25, -0.2) is 4.98 Å². The van der Waals surface area contributed by atoms with E-state index in [0.29, 0.717) is 17.1 Å². The molecule has 0 aliphatic carbocycles. The van der Waals surface area contributed by atoms with Gasteiger partial charge >= 0.3 is 0 Å². The van der Waals surface area contributed by atoms with E-state index < -0.39 is 0 Å². The van der Waals surface area contributed by atoms with Gasteiger partial charge in [0.2, 0.25) is 5.89 Å². The van der Waals surface area contributed by atoms with Gasteiger partial charge in [-0.05, 0) is 95.0 Å². The van der Waals surface area contributed by atoms with Crippen LogP contribution in [0.3, 0.4) is 0 Å². The lowest BCUT2D eigenvalue weighted by Crippen LogP contribution is -2.11. The smallest absolute Gasteiger partial charge is 0.229 e. The Bertz CT molecular complexity index is 2080. The van der Waals surface area contributed by atoms with Gasteiger partial charge in [-0.2, -0.15) is 0 Å². The van der Waals surface area contributed by atoms with Gasteiger partial charge in [-0.3, -0.25) is 4.99 Å². The molecule has 0 aliphatic rings. The fourth-order valence-electron chi connectivity index (χ4n) is 5.84. The first-order valence-corrected chi connectivity index (χ1v) is 15.9. The molecule has 232 valence electrons. The highest BCUT2D eigenvalue weighted by atomic mass is 16.3. The maximum absolute atomic E-state index is 10.6. The molecule has 0 atom stereocenters. The number of phenols is 1. The van der Waals surface area contributed by atoms with Crippen LogP contribution < -0.4 is 0 Å². The van der Waals surface area contributed by atoms with E-state index in [9.17, 15) is 5.11 Å². The summed E-state index contributed by atoms with van der Waals surface area (Å²) in [6.07, 6.45) is 1.72. The Labute approximate surface area is 272 Å². The van der Waals surface area contributed by atoms with Crippen molar-refractivity contribution in [2.75, 3.05) is 0 Å². The van der Waals surface area contributed by atoms with E-state index in [1.165, 1.54) is 27.8 Å². The molecule has 0 saturated carbocycles. The lowest BCUT2D eigenvalue weighted by atomic mass is 9.84. The van der Waals surface area contributed by atoms with Crippen LogP contribution in [-0.2, 0) is 10.8 Å². The van der Waals surface area contributed by atoms with Gasteiger partial charge in [0, 0.05) is 17.3 Å². The molecule has 0 radical (unpaired) electrons. The summed E-state index contributed by atoms with van der Waals surface area (Å²) in [4.78, 5) is 9.92. The van der Waals surface area contributed by atoms with E-state index in [2.05, 4.69) is 110 Å². The van der Waals surface area contributed by atoms with E-state index in [-0.39, 0.29) is 16.6 Å². The van der Waals surface area contributed by atoms with Crippen molar-refractivity contribution in [2.24, 2.45) is 4.99 Å². The summed E-state index contributed by atoms with van der Waals surface area (Å²) < 4.78 is 6.54. The van der Waals surface area contributed by atoms with Crippen LogP contribution in [0.15, 0.2) is 106 Å². The molecule has 0 bridgehead atoms. The Balaban J connectivity index is 1.47. The van der Waals surface area contributed by atoms with Crippen molar-refractivity contribution in [3.63, 3.8) is 0 Å². The monoisotopic (exact) mass is 606 g/mol. The molecule has 46 heavy (non-hydrogen) atoms. The number of fused-ring (bicyclic) bond motifs is 1. The highest BCUT2D eigenvalue weighted by molar-refractivity contribution is 5.95. The lowest BCUT2D eigenvalue weighted by molar-refractivity contribution is 0.473. The number of aliphatic imine (C=N–C) groups is 1. The van der Waals surface area contributed by atoms with Gasteiger partial charge in [0.05, 0.1) is 11.3 Å². The number of aryl methyl sites for hydroxylation is 2. The first-order chi connectivity index (χ1) is 21.8. The third-order valence-electron chi connectivity index (χ3n) is 8.46. The molecule has 1 aromatic heterocycles. The minimum absolute atomic E-state index is 0.0471. The van der Waals surface area contributed by atoms with Gasteiger partial charge in [-0.1, -0.05) is 107 Å². The third kappa shape index (κ3) is 6.39. The van der Waals surface area contributed by atoms with Crippen molar-refractivity contribution in [3.8, 4) is 39.5 Å². The fourth-order valence-corrected chi connectivity index (χ4v) is 5.84. The van der Waals surface area contributed by atoms with Crippen molar-refractivity contribution in [1.29, 1.82) is 0 Å². The summed E-state index contributed by atoms with van der Waals surface area (Å²) in [5.74, 6) is 0.701. The molecular formula is C42H42N2O2. The number of phenolic OH excluding ortho intramolecular Hbond substituents is 1. The zero-order valence-electron chi connectivity index (χ0n) is 28.1. The molecular weight excluding hydrogens is 564 g/mol. The van der Waals surface area contributed by atoms with Crippen LogP contribution in [0.25, 0.3) is 44.8 Å². The van der Waals surface area contributed by atoms with Crippen molar-refractivity contribution < 1.29 is 9.52 Å². The maximum Gasteiger partial charge on any atom is 0.229 e. The number of rotatable bonds is 5. The van der Waals surface area contributed by atoms with Crippen LogP contribution in [-0.4, -0.2) is 16.3 Å². The van der Waals surface area contributed by atoms with E-state index in [0.717, 1.165) is 33.4 Å². The Hall–Kier alpha value is -4.96. The quantitative estimate of drug-likeness (QED) is 0.199. The first kappa shape index (κ1) is 31.0. The standard InChI is InChI=1S/C42H42N2O2/c1-26-18-27(2)20-30(19-26)28-12-11-13-29(21-28)35-23-33(42(6,7)8)24-38-39(35)44-40(46-38)34-14-9-10-15-36(34)43-25-31-22-32(41(3,4)5)16-17-37(31)45/h9-25,45H,1-8H3. The molecule has 6 rings (SSSR count). The Morgan fingerprint density at radius 1 is 0.652 bits per heavy atom. The molecule has 0 unspecified atom stereocenters. The molecule has 6 aromatic rings. The fraction of sp³-hybridized carbons (Fsp3) is 0.238. The average molecular weight is 607 g/mol. The van der Waals surface area contributed by atoms with E-state index in [4.69, 9.17) is 14.4 Å². The predicted octanol–water partition coefficient (Wildman–Crippen LogP) is 11.5. The van der Waals surface area contributed by atoms with Crippen LogP contribution in [0.4, 0.5) is 5.69 Å². The van der Waals surface area contributed by atoms with E-state index in [1.54, 1.807) is 12.3 Å². The molecule has 0 fully saturated rings. The van der Waals surface area contributed by atoms with Crippen molar-refractivity contribution in [1.82, 2.24) is 4.98 Å². The molecule has 4 nitrogen and oxygen atoms in total. The Kier molecular flexibility index (Phi) is 7.93. The van der Waals surface area contributed by atoms with Crippen LogP contribution in [0.5, 0.6) is 5.75 Å². The SMILES string of the molecule is Cc1cc(C)cc(-c2cccc(-c3cc(C(C)(C)C)cc4oc(-c5ccccc5N=Cc5cc(C(C)(C)C)ccc5O)nc34)c2)c1. The van der Waals surface area contributed by atoms with Crippen LogP contribution in [0.1, 0.15) is 69.4 Å². The van der Waals surface area contributed by atoms with Gasteiger partial charge in [0.25, 0.3) is 0 Å². The van der Waals surface area contributed by atoms with Gasteiger partial charge in [-0.15, -0.1) is 0 Å². The highest BCUT2D eigenvalue weighted by Crippen LogP contribution is 2.39. The number of para-hydroxylation sites is 1. The number of oxazole rings is 1. The second-order valence-electron chi connectivity index (χ2n) is 14.4. The maximum atomic E-state index is 10.6. The van der Waals surface area contributed by atoms with Crippen LogP contribution >= 0.6 is 0 Å². The van der Waals surface area contributed by atoms with Gasteiger partial charge in [0.15, 0.2) is 5.58 Å². The normalized spacial score (nSPS) is 12.3. The number of hydrogen-bond donors (Lipinski definition) is 1. The Morgan fingerprint density at radius 2 is 1.35 bits per heavy atom. The average Bonchev–Trinajstić information content (AvgIpc) is 3.43. The second-order valence-corrected chi connectivity index (χ2v) is 14.4. The van der Waals surface area contributed by atoms with E-state index >= 15 is 0 Å². The summed E-state index contributed by atoms with van der Waals surface area (Å²) in [7, 11) is 0.